The molecule has 3 heterocycles. The molecule has 1 aliphatic rings. The number of H-pyrrole nitrogens is 1. The van der Waals surface area contributed by atoms with E-state index in [2.05, 4.69) is 15.5 Å². The first kappa shape index (κ1) is 29.5. The number of ether oxygens (including phenoxy) is 3. The van der Waals surface area contributed by atoms with E-state index in [-0.39, 0.29) is 11.5 Å². The highest BCUT2D eigenvalue weighted by Gasteiger charge is 2.20. The predicted octanol–water partition coefficient (Wildman–Crippen LogP) is 5.65. The summed E-state index contributed by atoms with van der Waals surface area (Å²) < 4.78 is 16.8. The molecule has 10 heteroatoms. The molecule has 0 unspecified atom stereocenters. The van der Waals surface area contributed by atoms with Crippen LogP contribution in [0.3, 0.4) is 0 Å². The molecule has 0 radical (unpaired) electrons. The van der Waals surface area contributed by atoms with E-state index in [1.807, 2.05) is 37.3 Å². The van der Waals surface area contributed by atoms with E-state index in [1.165, 1.54) is 13.2 Å². The highest BCUT2D eigenvalue weighted by atomic mass is 16.5. The predicted molar refractivity (Wildman–Crippen MR) is 165 cm³/mol. The molecule has 10 nitrogen and oxygen atoms in total. The van der Waals surface area contributed by atoms with E-state index < -0.39 is 0 Å². The van der Waals surface area contributed by atoms with Crippen LogP contribution in [0.2, 0.25) is 0 Å². The molecule has 4 N–H and O–H groups in total. The zero-order chi connectivity index (χ0) is 30.3. The van der Waals surface area contributed by atoms with E-state index in [0.717, 1.165) is 70.4 Å². The fourth-order valence-electron chi connectivity index (χ4n) is 5.24. The number of nitrogens with one attached hydrogen (secondary N) is 2. The molecule has 0 amide bonds. The molecule has 0 saturated carbocycles. The van der Waals surface area contributed by atoms with Crippen molar-refractivity contribution in [1.29, 1.82) is 5.26 Å². The number of nitrogens with zero attached hydrogens (tertiary/aromatic N) is 3. The van der Waals surface area contributed by atoms with Crippen molar-refractivity contribution >= 4 is 21.8 Å². The van der Waals surface area contributed by atoms with Gasteiger partial charge < -0.3 is 29.7 Å². The molecule has 1 aliphatic heterocycles. The summed E-state index contributed by atoms with van der Waals surface area (Å²) in [5.74, 6) is 2.68. The van der Waals surface area contributed by atoms with Gasteiger partial charge in [0.1, 0.15) is 5.75 Å². The number of aromatic amines is 1. The van der Waals surface area contributed by atoms with Gasteiger partial charge >= 0.3 is 0 Å². The molecule has 2 aromatic heterocycles. The first-order valence-electron chi connectivity index (χ1n) is 14.1. The molecule has 6 rings (SSSR count). The molecule has 0 bridgehead atoms. The summed E-state index contributed by atoms with van der Waals surface area (Å²) in [5, 5.41) is 41.1. The highest BCUT2D eigenvalue weighted by molar-refractivity contribution is 6.12. The van der Waals surface area contributed by atoms with Crippen molar-refractivity contribution in [2.75, 3.05) is 33.9 Å². The number of aromatic nitrogens is 3. The Labute approximate surface area is 249 Å². The second-order valence-electron chi connectivity index (χ2n) is 10.4. The van der Waals surface area contributed by atoms with Crippen LogP contribution in [-0.4, -0.2) is 59.3 Å². The van der Waals surface area contributed by atoms with E-state index in [0.29, 0.717) is 36.1 Å². The molecular formula is C33H35N5O5. The van der Waals surface area contributed by atoms with Crippen LogP contribution < -0.4 is 19.5 Å². The maximum Gasteiger partial charge on any atom is 0.182 e. The third-order valence-corrected chi connectivity index (χ3v) is 7.58. The number of rotatable bonds is 7. The van der Waals surface area contributed by atoms with Crippen molar-refractivity contribution in [2.45, 2.75) is 26.2 Å². The minimum Gasteiger partial charge on any atom is -0.508 e. The van der Waals surface area contributed by atoms with Gasteiger partial charge in [0.05, 0.1) is 39.0 Å². The first-order chi connectivity index (χ1) is 20.9. The summed E-state index contributed by atoms with van der Waals surface area (Å²) in [6.07, 6.45) is 2.56. The maximum absolute atomic E-state index is 9.72. The molecule has 0 aliphatic carbocycles. The molecule has 5 aromatic rings. The van der Waals surface area contributed by atoms with Crippen LogP contribution in [0.25, 0.3) is 33.1 Å². The Morgan fingerprint density at radius 1 is 0.930 bits per heavy atom. The lowest BCUT2D eigenvalue weighted by Gasteiger charge is -2.23. The fraction of sp³-hybridized carbons (Fsp3) is 0.303. The van der Waals surface area contributed by atoms with Crippen molar-refractivity contribution in [3.8, 4) is 46.1 Å². The van der Waals surface area contributed by atoms with Gasteiger partial charge in [-0.25, -0.2) is 4.98 Å². The van der Waals surface area contributed by atoms with Crippen LogP contribution in [-0.2, 0) is 6.42 Å². The zero-order valence-electron chi connectivity index (χ0n) is 24.5. The average Bonchev–Trinajstić information content (AvgIpc) is 3.41. The number of nitriles is 1. The normalized spacial score (nSPS) is 13.3. The smallest absolute Gasteiger partial charge is 0.182 e. The molecule has 1 fully saturated rings. The van der Waals surface area contributed by atoms with Crippen LogP contribution in [0.15, 0.2) is 54.6 Å². The Bertz CT molecular complexity index is 1750. The molecule has 3 aromatic carbocycles. The Morgan fingerprint density at radius 2 is 1.65 bits per heavy atom. The monoisotopic (exact) mass is 581 g/mol. The van der Waals surface area contributed by atoms with E-state index in [1.54, 1.807) is 31.4 Å². The van der Waals surface area contributed by atoms with Gasteiger partial charge in [-0.1, -0.05) is 6.07 Å². The number of aryl methyl sites for hydroxylation is 1. The number of phenols is 2. The van der Waals surface area contributed by atoms with Crippen molar-refractivity contribution in [1.82, 2.24) is 20.5 Å². The standard InChI is InChI=1S/C24H26N4O3.C9H9NO2/c1-14-22-18-11-20(30-2)21(31-13-15-7-9-25-10-8-15)12-19(18)23(26-24(22)28-27-14)16-3-5-17(29)6-4-16;1-12-9-6-7(4-5-10)2-3-8(9)11/h3-6,11-12,15,25,29H,7-10,13H2,1-2H3,(H,26,27,28);2-3,6,11H,4H2,1H3. The number of benzene rings is 3. The van der Waals surface area contributed by atoms with Gasteiger partial charge in [-0.2, -0.15) is 10.4 Å². The van der Waals surface area contributed by atoms with Crippen LogP contribution in [0.5, 0.6) is 28.7 Å². The molecule has 1 saturated heterocycles. The number of phenolic OH excluding ortho intramolecular Hbond substituents is 2. The zero-order valence-corrected chi connectivity index (χ0v) is 24.5. The molecular weight excluding hydrogens is 546 g/mol. The molecule has 43 heavy (non-hydrogen) atoms. The minimum atomic E-state index is 0.0965. The van der Waals surface area contributed by atoms with Crippen LogP contribution in [0, 0.1) is 24.2 Å². The minimum absolute atomic E-state index is 0.0965. The lowest BCUT2D eigenvalue weighted by Crippen LogP contribution is -2.30. The second kappa shape index (κ2) is 13.3. The van der Waals surface area contributed by atoms with Gasteiger partial charge in [0.2, 0.25) is 0 Å². The van der Waals surface area contributed by atoms with Gasteiger partial charge in [0.25, 0.3) is 0 Å². The lowest BCUT2D eigenvalue weighted by atomic mass is 9.99. The average molecular weight is 582 g/mol. The van der Waals surface area contributed by atoms with E-state index in [9.17, 15) is 10.2 Å². The topological polar surface area (TPSA) is 146 Å². The third kappa shape index (κ3) is 6.58. The number of aromatic hydroxyl groups is 2. The summed E-state index contributed by atoms with van der Waals surface area (Å²) in [7, 11) is 3.14. The quantitative estimate of drug-likeness (QED) is 0.192. The summed E-state index contributed by atoms with van der Waals surface area (Å²) in [6, 6.07) is 18.0. The molecule has 0 atom stereocenters. The Balaban J connectivity index is 0.000000259. The maximum atomic E-state index is 9.72. The number of hydrogen-bond acceptors (Lipinski definition) is 9. The fourth-order valence-corrected chi connectivity index (χ4v) is 5.24. The van der Waals surface area contributed by atoms with Gasteiger partial charge in [-0.05, 0) is 92.9 Å². The van der Waals surface area contributed by atoms with E-state index >= 15 is 0 Å². The van der Waals surface area contributed by atoms with Crippen LogP contribution in [0.1, 0.15) is 24.1 Å². The third-order valence-electron chi connectivity index (χ3n) is 7.58. The summed E-state index contributed by atoms with van der Waals surface area (Å²) >= 11 is 0. The molecule has 0 spiro atoms. The van der Waals surface area contributed by atoms with Gasteiger partial charge in [0, 0.05) is 27.4 Å². The Kier molecular flexibility index (Phi) is 9.13. The Hall–Kier alpha value is -5.01. The highest BCUT2D eigenvalue weighted by Crippen LogP contribution is 2.40. The number of hydrogen-bond donors (Lipinski definition) is 4. The first-order valence-corrected chi connectivity index (χ1v) is 14.1. The summed E-state index contributed by atoms with van der Waals surface area (Å²) in [4.78, 5) is 4.84. The summed E-state index contributed by atoms with van der Waals surface area (Å²) in [5.41, 5.74) is 4.14. The number of piperidine rings is 1. The lowest BCUT2D eigenvalue weighted by molar-refractivity contribution is 0.208. The van der Waals surface area contributed by atoms with Crippen LogP contribution >= 0.6 is 0 Å². The summed E-state index contributed by atoms with van der Waals surface area (Å²) in [6.45, 7) is 4.73. The second-order valence-corrected chi connectivity index (χ2v) is 10.4. The van der Waals surface area contributed by atoms with Gasteiger partial charge in [-0.15, -0.1) is 0 Å². The number of methoxy groups -OCH3 is 2. The number of pyridine rings is 1. The SMILES string of the molecule is COc1cc(CC#N)ccc1O.COc1cc2c(cc1OCC1CCNCC1)c(-c1ccc(O)cc1)nc1n[nH]c(C)c12. The Morgan fingerprint density at radius 3 is 2.35 bits per heavy atom. The van der Waals surface area contributed by atoms with Crippen molar-refractivity contribution in [2.24, 2.45) is 5.92 Å². The van der Waals surface area contributed by atoms with Crippen LogP contribution in [0.4, 0.5) is 0 Å². The largest absolute Gasteiger partial charge is 0.508 e. The number of fused-ring (bicyclic) bond motifs is 3. The van der Waals surface area contributed by atoms with Gasteiger partial charge in [-0.3, -0.25) is 5.10 Å². The van der Waals surface area contributed by atoms with Crippen molar-refractivity contribution in [3.05, 3.63) is 65.9 Å². The van der Waals surface area contributed by atoms with Gasteiger partial charge in [0.15, 0.2) is 28.6 Å². The van der Waals surface area contributed by atoms with Crippen molar-refractivity contribution < 1.29 is 24.4 Å². The van der Waals surface area contributed by atoms with Crippen molar-refractivity contribution in [3.63, 3.8) is 0 Å². The van der Waals surface area contributed by atoms with E-state index in [4.69, 9.17) is 24.5 Å². The molecule has 222 valence electrons.